The third kappa shape index (κ3) is 4.78. The summed E-state index contributed by atoms with van der Waals surface area (Å²) in [7, 11) is -3.28. The number of nitro benzene ring substituents is 1. The van der Waals surface area contributed by atoms with E-state index in [1.54, 1.807) is 0 Å². The van der Waals surface area contributed by atoms with Crippen molar-refractivity contribution in [3.05, 3.63) is 64.2 Å². The highest BCUT2D eigenvalue weighted by Gasteiger charge is 2.10. The van der Waals surface area contributed by atoms with Crippen LogP contribution in [0.5, 0.6) is 5.75 Å². The van der Waals surface area contributed by atoms with E-state index in [9.17, 15) is 23.3 Å². The van der Waals surface area contributed by atoms with Crippen LogP contribution in [0, 0.1) is 10.1 Å². The number of hydrogen-bond donors (Lipinski definition) is 0. The van der Waals surface area contributed by atoms with Crippen LogP contribution in [0.15, 0.2) is 53.4 Å². The Morgan fingerprint density at radius 3 is 2.17 bits per heavy atom. The molecule has 0 bridgehead atoms. The summed E-state index contributed by atoms with van der Waals surface area (Å²) >= 11 is 0. The molecule has 0 fully saturated rings. The van der Waals surface area contributed by atoms with E-state index in [1.165, 1.54) is 48.5 Å². The van der Waals surface area contributed by atoms with Gasteiger partial charge in [-0.05, 0) is 29.8 Å². The van der Waals surface area contributed by atoms with Gasteiger partial charge in [-0.2, -0.15) is 0 Å². The number of hydrogen-bond acceptors (Lipinski definition) is 7. The zero-order chi connectivity index (χ0) is 17.7. The molecule has 0 heterocycles. The van der Waals surface area contributed by atoms with Crippen molar-refractivity contribution in [3.63, 3.8) is 0 Å². The summed E-state index contributed by atoms with van der Waals surface area (Å²) in [5.41, 5.74) is 0.463. The minimum atomic E-state index is -3.28. The highest BCUT2D eigenvalue weighted by Crippen LogP contribution is 2.18. The maximum absolute atomic E-state index is 11.6. The lowest BCUT2D eigenvalue weighted by molar-refractivity contribution is -0.384. The first-order chi connectivity index (χ1) is 11.3. The Morgan fingerprint density at radius 1 is 1.08 bits per heavy atom. The zero-order valence-electron chi connectivity index (χ0n) is 12.5. The summed E-state index contributed by atoms with van der Waals surface area (Å²) in [6.45, 7) is -0.101. The first-order valence-electron chi connectivity index (χ1n) is 6.64. The van der Waals surface area contributed by atoms with E-state index in [4.69, 9.17) is 9.47 Å². The number of nitrogens with zero attached hydrogens (tertiary/aromatic N) is 1. The van der Waals surface area contributed by atoms with Gasteiger partial charge in [-0.25, -0.2) is 13.2 Å². The molecule has 0 saturated carbocycles. The fourth-order valence-electron chi connectivity index (χ4n) is 1.74. The molecule has 2 aromatic rings. The van der Waals surface area contributed by atoms with Crippen molar-refractivity contribution in [2.75, 3.05) is 6.26 Å². The summed E-state index contributed by atoms with van der Waals surface area (Å²) in [4.78, 5) is 21.7. The standard InChI is InChI=1S/C15H13NO7S/c1-24(20,21)14-8-2-11(3-9-14)10-22-15(17)23-13-6-4-12(5-7-13)16(18)19/h2-9H,10H2,1H3. The van der Waals surface area contributed by atoms with Crippen LogP contribution in [-0.2, 0) is 21.2 Å². The van der Waals surface area contributed by atoms with Gasteiger partial charge in [0.15, 0.2) is 9.84 Å². The molecule has 2 aromatic carbocycles. The lowest BCUT2D eigenvalue weighted by Gasteiger charge is -2.06. The molecule has 0 spiro atoms. The maximum Gasteiger partial charge on any atom is 0.514 e. The number of sulfone groups is 1. The molecule has 0 atom stereocenters. The van der Waals surface area contributed by atoms with E-state index in [-0.39, 0.29) is 22.9 Å². The van der Waals surface area contributed by atoms with E-state index in [0.717, 1.165) is 6.26 Å². The van der Waals surface area contributed by atoms with Gasteiger partial charge in [-0.1, -0.05) is 12.1 Å². The van der Waals surface area contributed by atoms with Crippen LogP contribution in [0.2, 0.25) is 0 Å². The predicted molar refractivity (Wildman–Crippen MR) is 83.5 cm³/mol. The summed E-state index contributed by atoms with van der Waals surface area (Å²) in [5, 5.41) is 10.5. The maximum atomic E-state index is 11.6. The molecule has 126 valence electrons. The summed E-state index contributed by atoms with van der Waals surface area (Å²) < 4.78 is 32.4. The van der Waals surface area contributed by atoms with Crippen LogP contribution >= 0.6 is 0 Å². The van der Waals surface area contributed by atoms with Crippen molar-refractivity contribution < 1.29 is 27.6 Å². The second-order valence-electron chi connectivity index (χ2n) is 4.81. The zero-order valence-corrected chi connectivity index (χ0v) is 13.4. The second-order valence-corrected chi connectivity index (χ2v) is 6.82. The molecule has 0 unspecified atom stereocenters. The average Bonchev–Trinajstić information content (AvgIpc) is 2.53. The monoisotopic (exact) mass is 351 g/mol. The summed E-state index contributed by atoms with van der Waals surface area (Å²) in [6, 6.07) is 10.8. The van der Waals surface area contributed by atoms with Gasteiger partial charge in [-0.15, -0.1) is 0 Å². The molecule has 0 N–H and O–H groups in total. The molecule has 24 heavy (non-hydrogen) atoms. The first-order valence-corrected chi connectivity index (χ1v) is 8.53. The third-order valence-corrected chi connectivity index (χ3v) is 4.09. The fraction of sp³-hybridized carbons (Fsp3) is 0.133. The Kier molecular flexibility index (Phi) is 5.14. The van der Waals surface area contributed by atoms with Gasteiger partial charge in [-0.3, -0.25) is 10.1 Å². The van der Waals surface area contributed by atoms with Gasteiger partial charge in [0.25, 0.3) is 5.69 Å². The van der Waals surface area contributed by atoms with Crippen LogP contribution in [-0.4, -0.2) is 25.8 Å². The Labute approximate surface area is 137 Å². The quantitative estimate of drug-likeness (QED) is 0.352. The molecule has 8 nitrogen and oxygen atoms in total. The van der Waals surface area contributed by atoms with Gasteiger partial charge < -0.3 is 9.47 Å². The molecule has 0 amide bonds. The molecular formula is C15H13NO7S. The van der Waals surface area contributed by atoms with Crippen LogP contribution in [0.25, 0.3) is 0 Å². The van der Waals surface area contributed by atoms with Crippen molar-refractivity contribution in [2.24, 2.45) is 0 Å². The Balaban J connectivity index is 1.90. The van der Waals surface area contributed by atoms with Gasteiger partial charge in [0.1, 0.15) is 12.4 Å². The molecule has 0 aliphatic rings. The van der Waals surface area contributed by atoms with E-state index in [0.29, 0.717) is 5.56 Å². The molecule has 2 rings (SSSR count). The van der Waals surface area contributed by atoms with E-state index < -0.39 is 20.9 Å². The Bertz CT molecular complexity index is 842. The number of benzene rings is 2. The van der Waals surface area contributed by atoms with Crippen LogP contribution < -0.4 is 4.74 Å². The molecule has 9 heteroatoms. The van der Waals surface area contributed by atoms with Gasteiger partial charge in [0, 0.05) is 18.4 Å². The predicted octanol–water partition coefficient (Wildman–Crippen LogP) is 2.71. The van der Waals surface area contributed by atoms with Crippen molar-refractivity contribution in [1.29, 1.82) is 0 Å². The van der Waals surface area contributed by atoms with Crippen LogP contribution in [0.1, 0.15) is 5.56 Å². The van der Waals surface area contributed by atoms with Crippen molar-refractivity contribution in [3.8, 4) is 5.75 Å². The number of ether oxygens (including phenoxy) is 2. The van der Waals surface area contributed by atoms with E-state index in [2.05, 4.69) is 0 Å². The van der Waals surface area contributed by atoms with Crippen LogP contribution in [0.3, 0.4) is 0 Å². The third-order valence-electron chi connectivity index (χ3n) is 2.96. The van der Waals surface area contributed by atoms with E-state index in [1.807, 2.05) is 0 Å². The minimum absolute atomic E-state index is 0.101. The first kappa shape index (κ1) is 17.4. The SMILES string of the molecule is CS(=O)(=O)c1ccc(COC(=O)Oc2ccc([N+](=O)[O-])cc2)cc1. The van der Waals surface area contributed by atoms with Crippen molar-refractivity contribution in [1.82, 2.24) is 0 Å². The number of carbonyl (C=O) groups excluding carboxylic acids is 1. The minimum Gasteiger partial charge on any atom is -0.429 e. The lowest BCUT2D eigenvalue weighted by Crippen LogP contribution is -2.10. The molecule has 0 aliphatic carbocycles. The number of non-ortho nitro benzene ring substituents is 1. The second kappa shape index (κ2) is 7.09. The summed E-state index contributed by atoms with van der Waals surface area (Å²) in [6.07, 6.45) is 0.121. The van der Waals surface area contributed by atoms with Gasteiger partial charge >= 0.3 is 6.16 Å². The Morgan fingerprint density at radius 2 is 1.67 bits per heavy atom. The van der Waals surface area contributed by atoms with E-state index >= 15 is 0 Å². The molecule has 0 radical (unpaired) electrons. The highest BCUT2D eigenvalue weighted by molar-refractivity contribution is 7.90. The lowest BCUT2D eigenvalue weighted by atomic mass is 10.2. The largest absolute Gasteiger partial charge is 0.514 e. The van der Waals surface area contributed by atoms with Gasteiger partial charge in [0.2, 0.25) is 0 Å². The van der Waals surface area contributed by atoms with Crippen LogP contribution in [0.4, 0.5) is 10.5 Å². The smallest absolute Gasteiger partial charge is 0.429 e. The summed E-state index contributed by atoms with van der Waals surface area (Å²) in [5.74, 6) is 0.109. The van der Waals surface area contributed by atoms with Gasteiger partial charge in [0.05, 0.1) is 9.82 Å². The number of rotatable bonds is 5. The molecule has 0 aliphatic heterocycles. The number of carbonyl (C=O) groups is 1. The topological polar surface area (TPSA) is 113 Å². The molecule has 0 aromatic heterocycles. The fourth-order valence-corrected chi connectivity index (χ4v) is 2.37. The van der Waals surface area contributed by atoms with Crippen molar-refractivity contribution in [2.45, 2.75) is 11.5 Å². The average molecular weight is 351 g/mol. The number of nitro groups is 1. The molecular weight excluding hydrogens is 338 g/mol. The highest BCUT2D eigenvalue weighted by atomic mass is 32.2. The van der Waals surface area contributed by atoms with Crippen molar-refractivity contribution >= 4 is 21.7 Å². The Hall–Kier alpha value is -2.94. The normalized spacial score (nSPS) is 10.9. The molecule has 0 saturated heterocycles.